The minimum absolute atomic E-state index is 0.00869. The van der Waals surface area contributed by atoms with Gasteiger partial charge in [-0.2, -0.15) is 0 Å². The number of amides is 1. The van der Waals surface area contributed by atoms with E-state index in [1.54, 1.807) is 0 Å². The Morgan fingerprint density at radius 3 is 2.52 bits per heavy atom. The van der Waals surface area contributed by atoms with Crippen molar-refractivity contribution in [2.24, 2.45) is 0 Å². The second kappa shape index (κ2) is 6.97. The van der Waals surface area contributed by atoms with Crippen LogP contribution in [0.15, 0.2) is 24.3 Å². The number of para-hydroxylation sites is 1. The first-order chi connectivity index (χ1) is 9.97. The van der Waals surface area contributed by atoms with Crippen LogP contribution in [0, 0.1) is 0 Å². The van der Waals surface area contributed by atoms with Gasteiger partial charge < -0.3 is 10.1 Å². The lowest BCUT2D eigenvalue weighted by Crippen LogP contribution is -2.39. The summed E-state index contributed by atoms with van der Waals surface area (Å²) in [6, 6.07) is 8.30. The van der Waals surface area contributed by atoms with Gasteiger partial charge in [-0.15, -0.1) is 0 Å². The zero-order chi connectivity index (χ0) is 15.3. The Morgan fingerprint density at radius 2 is 1.86 bits per heavy atom. The molecule has 1 aliphatic carbocycles. The van der Waals surface area contributed by atoms with Crippen LogP contribution in [0.25, 0.3) is 0 Å². The highest BCUT2D eigenvalue weighted by Crippen LogP contribution is 2.30. The number of benzene rings is 1. The largest absolute Gasteiger partial charge is 0.483 e. The molecule has 1 saturated carbocycles. The maximum Gasteiger partial charge on any atom is 0.258 e. The van der Waals surface area contributed by atoms with E-state index in [1.807, 2.05) is 18.2 Å². The molecule has 0 unspecified atom stereocenters. The third-order valence-corrected chi connectivity index (χ3v) is 4.02. The highest BCUT2D eigenvalue weighted by atomic mass is 16.5. The van der Waals surface area contributed by atoms with E-state index in [-0.39, 0.29) is 17.9 Å². The van der Waals surface area contributed by atoms with E-state index in [2.05, 4.69) is 32.2 Å². The van der Waals surface area contributed by atoms with Crippen molar-refractivity contribution in [1.82, 2.24) is 5.32 Å². The fraction of sp³-hybridized carbons (Fsp3) is 0.611. The van der Waals surface area contributed by atoms with Crippen molar-refractivity contribution < 1.29 is 9.53 Å². The Labute approximate surface area is 128 Å². The van der Waals surface area contributed by atoms with Crippen molar-refractivity contribution in [3.8, 4) is 5.75 Å². The minimum atomic E-state index is -0.00869. The van der Waals surface area contributed by atoms with Gasteiger partial charge in [0, 0.05) is 6.04 Å². The second-order valence-electron chi connectivity index (χ2n) is 6.94. The fourth-order valence-electron chi connectivity index (χ4n) is 2.87. The molecule has 0 bridgehead atoms. The zero-order valence-electron chi connectivity index (χ0n) is 13.4. The van der Waals surface area contributed by atoms with Gasteiger partial charge in [-0.25, -0.2) is 0 Å². The first-order valence-electron chi connectivity index (χ1n) is 7.98. The SMILES string of the molecule is CC(C)(C)c1ccccc1OCC(=O)NC1CCCCC1. The molecule has 116 valence electrons. The topological polar surface area (TPSA) is 38.3 Å². The fourth-order valence-corrected chi connectivity index (χ4v) is 2.87. The Balaban J connectivity index is 1.89. The number of hydrogen-bond acceptors (Lipinski definition) is 2. The molecule has 1 aromatic rings. The summed E-state index contributed by atoms with van der Waals surface area (Å²) in [7, 11) is 0. The molecule has 3 nitrogen and oxygen atoms in total. The molecule has 2 rings (SSSR count). The summed E-state index contributed by atoms with van der Waals surface area (Å²) in [5.41, 5.74) is 1.15. The lowest BCUT2D eigenvalue weighted by atomic mass is 9.86. The van der Waals surface area contributed by atoms with Crippen LogP contribution >= 0.6 is 0 Å². The summed E-state index contributed by atoms with van der Waals surface area (Å²) in [6.45, 7) is 6.55. The molecule has 3 heteroatoms. The summed E-state index contributed by atoms with van der Waals surface area (Å²) in [5.74, 6) is 0.800. The van der Waals surface area contributed by atoms with Crippen molar-refractivity contribution in [2.45, 2.75) is 64.3 Å². The summed E-state index contributed by atoms with van der Waals surface area (Å²) < 4.78 is 5.75. The zero-order valence-corrected chi connectivity index (χ0v) is 13.4. The van der Waals surface area contributed by atoms with E-state index >= 15 is 0 Å². The molecule has 1 amide bonds. The molecule has 0 atom stereocenters. The van der Waals surface area contributed by atoms with Gasteiger partial charge in [-0.3, -0.25) is 4.79 Å². The molecule has 1 fully saturated rings. The van der Waals surface area contributed by atoms with Crippen LogP contribution in [0.3, 0.4) is 0 Å². The predicted molar refractivity (Wildman–Crippen MR) is 85.7 cm³/mol. The summed E-state index contributed by atoms with van der Waals surface area (Å²) in [4.78, 5) is 12.0. The average molecular weight is 289 g/mol. The lowest BCUT2D eigenvalue weighted by Gasteiger charge is -2.24. The number of carbonyl (C=O) groups excluding carboxylic acids is 1. The van der Waals surface area contributed by atoms with Gasteiger partial charge in [-0.05, 0) is 29.9 Å². The maximum absolute atomic E-state index is 12.0. The third-order valence-electron chi connectivity index (χ3n) is 4.02. The normalized spacial score (nSPS) is 16.5. The molecule has 1 aliphatic rings. The predicted octanol–water partition coefficient (Wildman–Crippen LogP) is 3.81. The Kier molecular flexibility index (Phi) is 5.27. The first-order valence-corrected chi connectivity index (χ1v) is 7.98. The van der Waals surface area contributed by atoms with Crippen LogP contribution in [0.2, 0.25) is 0 Å². The molecular formula is C18H27NO2. The molecule has 0 saturated heterocycles. The van der Waals surface area contributed by atoms with Crippen molar-refractivity contribution in [2.75, 3.05) is 6.61 Å². The molecule has 0 heterocycles. The number of hydrogen-bond donors (Lipinski definition) is 1. The van der Waals surface area contributed by atoms with Gasteiger partial charge in [0.15, 0.2) is 6.61 Å². The Morgan fingerprint density at radius 1 is 1.19 bits per heavy atom. The van der Waals surface area contributed by atoms with Gasteiger partial charge in [-0.1, -0.05) is 58.2 Å². The second-order valence-corrected chi connectivity index (χ2v) is 6.94. The molecule has 0 aliphatic heterocycles. The third kappa shape index (κ3) is 4.76. The van der Waals surface area contributed by atoms with Crippen LogP contribution in [0.1, 0.15) is 58.4 Å². The molecule has 21 heavy (non-hydrogen) atoms. The van der Waals surface area contributed by atoms with Crippen molar-refractivity contribution in [3.63, 3.8) is 0 Å². The van der Waals surface area contributed by atoms with E-state index in [0.717, 1.165) is 24.2 Å². The van der Waals surface area contributed by atoms with Crippen LogP contribution in [-0.2, 0) is 10.2 Å². The van der Waals surface area contributed by atoms with Crippen molar-refractivity contribution in [3.05, 3.63) is 29.8 Å². The number of carbonyl (C=O) groups is 1. The van der Waals surface area contributed by atoms with Crippen LogP contribution in [0.5, 0.6) is 5.75 Å². The average Bonchev–Trinajstić information content (AvgIpc) is 2.45. The molecular weight excluding hydrogens is 262 g/mol. The Hall–Kier alpha value is -1.51. The van der Waals surface area contributed by atoms with Gasteiger partial charge in [0.25, 0.3) is 5.91 Å². The van der Waals surface area contributed by atoms with Crippen molar-refractivity contribution in [1.29, 1.82) is 0 Å². The minimum Gasteiger partial charge on any atom is -0.483 e. The van der Waals surface area contributed by atoms with Crippen LogP contribution < -0.4 is 10.1 Å². The molecule has 1 aromatic carbocycles. The molecule has 0 radical (unpaired) electrons. The summed E-state index contributed by atoms with van der Waals surface area (Å²) >= 11 is 0. The number of rotatable bonds is 4. The van der Waals surface area contributed by atoms with E-state index in [9.17, 15) is 4.79 Å². The number of ether oxygens (including phenoxy) is 1. The molecule has 0 spiro atoms. The smallest absolute Gasteiger partial charge is 0.258 e. The van der Waals surface area contributed by atoms with Gasteiger partial charge in [0.2, 0.25) is 0 Å². The monoisotopic (exact) mass is 289 g/mol. The van der Waals surface area contributed by atoms with E-state index in [1.165, 1.54) is 19.3 Å². The van der Waals surface area contributed by atoms with Gasteiger partial charge in [0.1, 0.15) is 5.75 Å². The Bertz CT molecular complexity index is 470. The number of nitrogens with one attached hydrogen (secondary N) is 1. The molecule has 1 N–H and O–H groups in total. The maximum atomic E-state index is 12.0. The van der Waals surface area contributed by atoms with Crippen LogP contribution in [0.4, 0.5) is 0 Å². The van der Waals surface area contributed by atoms with E-state index in [4.69, 9.17) is 4.74 Å². The van der Waals surface area contributed by atoms with Crippen molar-refractivity contribution >= 4 is 5.91 Å². The quantitative estimate of drug-likeness (QED) is 0.915. The van der Waals surface area contributed by atoms with Gasteiger partial charge in [0.05, 0.1) is 0 Å². The highest BCUT2D eigenvalue weighted by molar-refractivity contribution is 5.77. The van der Waals surface area contributed by atoms with E-state index < -0.39 is 0 Å². The van der Waals surface area contributed by atoms with Gasteiger partial charge >= 0.3 is 0 Å². The summed E-state index contributed by atoms with van der Waals surface area (Å²) in [5, 5.41) is 3.08. The van der Waals surface area contributed by atoms with E-state index in [0.29, 0.717) is 6.04 Å². The molecule has 0 aromatic heterocycles. The first kappa shape index (κ1) is 15.9. The summed E-state index contributed by atoms with van der Waals surface area (Å²) in [6.07, 6.45) is 5.94. The highest BCUT2D eigenvalue weighted by Gasteiger charge is 2.20. The lowest BCUT2D eigenvalue weighted by molar-refractivity contribution is -0.124. The standard InChI is InChI=1S/C18H27NO2/c1-18(2,3)15-11-7-8-12-16(15)21-13-17(20)19-14-9-5-4-6-10-14/h7-8,11-12,14H,4-6,9-10,13H2,1-3H3,(H,19,20). The van der Waals surface area contributed by atoms with Crippen LogP contribution in [-0.4, -0.2) is 18.6 Å².